The van der Waals surface area contributed by atoms with Crippen molar-refractivity contribution in [2.75, 3.05) is 18.0 Å². The van der Waals surface area contributed by atoms with Crippen LogP contribution in [0.5, 0.6) is 0 Å². The molecule has 0 atom stereocenters. The lowest BCUT2D eigenvalue weighted by Gasteiger charge is -2.15. The number of carbonyl (C=O) groups is 1. The van der Waals surface area contributed by atoms with Crippen molar-refractivity contribution in [1.82, 2.24) is 0 Å². The van der Waals surface area contributed by atoms with Crippen molar-refractivity contribution in [3.8, 4) is 6.07 Å². The van der Waals surface area contributed by atoms with Gasteiger partial charge in [0, 0.05) is 12.2 Å². The van der Waals surface area contributed by atoms with Gasteiger partial charge in [-0.3, -0.25) is 4.79 Å². The molecule has 0 fully saturated rings. The topological polar surface area (TPSA) is 70.1 Å². The smallest absolute Gasteiger partial charge is 0.240 e. The van der Waals surface area contributed by atoms with Crippen LogP contribution >= 0.6 is 0 Å². The lowest BCUT2D eigenvalue weighted by Crippen LogP contribution is -2.34. The van der Waals surface area contributed by atoms with E-state index in [1.165, 1.54) is 17.7 Å². The molecule has 23 heavy (non-hydrogen) atoms. The third kappa shape index (κ3) is 4.15. The van der Waals surface area contributed by atoms with Crippen LogP contribution in [0.4, 0.5) is 10.1 Å². The summed E-state index contributed by atoms with van der Waals surface area (Å²) in [6, 6.07) is 14.0. The molecule has 0 saturated heterocycles. The highest BCUT2D eigenvalue weighted by Gasteiger charge is 2.23. The predicted octanol–water partition coefficient (Wildman–Crippen LogP) is 2.54. The van der Waals surface area contributed by atoms with Gasteiger partial charge in [0.15, 0.2) is 0 Å². The van der Waals surface area contributed by atoms with Crippen molar-refractivity contribution in [3.05, 3.63) is 65.0 Å². The molecule has 2 aromatic rings. The maximum absolute atomic E-state index is 12.8. The van der Waals surface area contributed by atoms with Crippen molar-refractivity contribution in [2.45, 2.75) is 13.3 Å². The van der Waals surface area contributed by atoms with Crippen LogP contribution < -0.4 is 10.6 Å². The van der Waals surface area contributed by atoms with Gasteiger partial charge in [0.1, 0.15) is 5.82 Å². The summed E-state index contributed by atoms with van der Waals surface area (Å²) < 4.78 is 12.8. The summed E-state index contributed by atoms with van der Waals surface area (Å²) in [5, 5.41) is 8.38. The maximum atomic E-state index is 12.8. The van der Waals surface area contributed by atoms with Crippen molar-refractivity contribution < 1.29 is 9.18 Å². The van der Waals surface area contributed by atoms with Crippen LogP contribution in [0, 0.1) is 24.1 Å². The largest absolute Gasteiger partial charge is 0.322 e. The van der Waals surface area contributed by atoms with Crippen molar-refractivity contribution in [3.63, 3.8) is 0 Å². The first-order valence-corrected chi connectivity index (χ1v) is 7.30. The Kier molecular flexibility index (Phi) is 5.45. The predicted molar refractivity (Wildman–Crippen MR) is 87.4 cm³/mol. The Labute approximate surface area is 134 Å². The molecule has 0 radical (unpaired) electrons. The van der Waals surface area contributed by atoms with E-state index in [0.29, 0.717) is 13.0 Å². The number of anilines is 1. The number of rotatable bonds is 1. The number of nitrogens with two attached hydrogens (primary N) is 1. The highest BCUT2D eigenvalue weighted by atomic mass is 19.1. The first-order valence-electron chi connectivity index (χ1n) is 7.30. The fourth-order valence-corrected chi connectivity index (χ4v) is 2.37. The van der Waals surface area contributed by atoms with Crippen molar-refractivity contribution in [1.29, 1.82) is 5.26 Å². The Bertz CT molecular complexity index is 735. The molecule has 118 valence electrons. The summed E-state index contributed by atoms with van der Waals surface area (Å²) in [5.41, 5.74) is 8.86. The minimum absolute atomic E-state index is 0.00316. The van der Waals surface area contributed by atoms with Gasteiger partial charge in [-0.2, -0.15) is 5.26 Å². The molecule has 1 aliphatic rings. The van der Waals surface area contributed by atoms with Gasteiger partial charge in [-0.15, -0.1) is 0 Å². The van der Waals surface area contributed by atoms with Crippen LogP contribution in [0.3, 0.4) is 0 Å². The number of hydrogen-bond acceptors (Lipinski definition) is 3. The quantitative estimate of drug-likeness (QED) is 0.880. The molecule has 1 amide bonds. The standard InChI is InChI=1S/C10H11FN2O.C8H7N/c11-8-1-2-9-7(5-8)3-4-13(9)10(14)6-12;1-7-2-4-8(6-9)5-3-7/h1-2,5H,3-4,6,12H2;2-5H,1H3. The van der Waals surface area contributed by atoms with Gasteiger partial charge in [0.05, 0.1) is 18.2 Å². The van der Waals surface area contributed by atoms with Crippen molar-refractivity contribution in [2.24, 2.45) is 5.73 Å². The second kappa shape index (κ2) is 7.52. The zero-order valence-corrected chi connectivity index (χ0v) is 12.9. The minimum Gasteiger partial charge on any atom is -0.322 e. The van der Waals surface area contributed by atoms with Gasteiger partial charge in [-0.25, -0.2) is 4.39 Å². The van der Waals surface area contributed by atoms with E-state index < -0.39 is 0 Å². The van der Waals surface area contributed by atoms with E-state index >= 15 is 0 Å². The lowest BCUT2D eigenvalue weighted by molar-refractivity contribution is -0.117. The van der Waals surface area contributed by atoms with Crippen LogP contribution in [0.15, 0.2) is 42.5 Å². The number of nitrogens with zero attached hydrogens (tertiary/aromatic N) is 2. The minimum atomic E-state index is -0.259. The second-order valence-electron chi connectivity index (χ2n) is 5.25. The molecule has 0 unspecified atom stereocenters. The molecule has 4 nitrogen and oxygen atoms in total. The zero-order chi connectivity index (χ0) is 16.8. The van der Waals surface area contributed by atoms with Gasteiger partial charge in [0.25, 0.3) is 0 Å². The highest BCUT2D eigenvalue weighted by molar-refractivity contribution is 5.96. The number of hydrogen-bond donors (Lipinski definition) is 1. The molecule has 2 N–H and O–H groups in total. The van der Waals surface area contributed by atoms with E-state index in [1.807, 2.05) is 31.2 Å². The molecular formula is C18H18FN3O. The van der Waals surface area contributed by atoms with Gasteiger partial charge in [-0.05, 0) is 49.2 Å². The Morgan fingerprint density at radius 2 is 2.00 bits per heavy atom. The van der Waals surface area contributed by atoms with Gasteiger partial charge in [0.2, 0.25) is 5.91 Å². The molecule has 0 aliphatic carbocycles. The van der Waals surface area contributed by atoms with E-state index in [0.717, 1.165) is 16.8 Å². The van der Waals surface area contributed by atoms with Crippen LogP contribution in [-0.4, -0.2) is 19.0 Å². The molecule has 2 aromatic carbocycles. The Balaban J connectivity index is 0.000000185. The molecule has 3 rings (SSSR count). The van der Waals surface area contributed by atoms with E-state index in [1.54, 1.807) is 11.0 Å². The number of halogens is 1. The summed E-state index contributed by atoms with van der Waals surface area (Å²) in [6.45, 7) is 2.60. The van der Waals surface area contributed by atoms with Crippen LogP contribution in [0.25, 0.3) is 0 Å². The van der Waals surface area contributed by atoms with Crippen LogP contribution in [-0.2, 0) is 11.2 Å². The third-order valence-electron chi connectivity index (χ3n) is 3.59. The van der Waals surface area contributed by atoms with E-state index in [4.69, 9.17) is 11.0 Å². The molecule has 0 saturated carbocycles. The average Bonchev–Trinajstić information content (AvgIpc) is 2.98. The Morgan fingerprint density at radius 1 is 1.30 bits per heavy atom. The number of nitriles is 1. The second-order valence-corrected chi connectivity index (χ2v) is 5.25. The number of aryl methyl sites for hydroxylation is 1. The molecule has 1 aliphatic heterocycles. The molecule has 1 heterocycles. The molecule has 0 aromatic heterocycles. The number of carbonyl (C=O) groups excluding carboxylic acids is 1. The molecule has 5 heteroatoms. The third-order valence-corrected chi connectivity index (χ3v) is 3.59. The van der Waals surface area contributed by atoms with E-state index in [-0.39, 0.29) is 18.3 Å². The normalized spacial score (nSPS) is 12.0. The summed E-state index contributed by atoms with van der Waals surface area (Å²) in [6.07, 6.45) is 0.707. The number of fused-ring (bicyclic) bond motifs is 1. The van der Waals surface area contributed by atoms with Crippen LogP contribution in [0.2, 0.25) is 0 Å². The molecular weight excluding hydrogens is 293 g/mol. The first-order chi connectivity index (χ1) is 11.0. The summed E-state index contributed by atoms with van der Waals surface area (Å²) in [4.78, 5) is 13.0. The van der Waals surface area contributed by atoms with Crippen molar-refractivity contribution >= 4 is 11.6 Å². The van der Waals surface area contributed by atoms with Gasteiger partial charge in [-0.1, -0.05) is 17.7 Å². The number of benzene rings is 2. The Hall–Kier alpha value is -2.71. The van der Waals surface area contributed by atoms with Gasteiger partial charge >= 0.3 is 0 Å². The molecule has 0 bridgehead atoms. The summed E-state index contributed by atoms with van der Waals surface area (Å²) in [7, 11) is 0. The summed E-state index contributed by atoms with van der Waals surface area (Å²) in [5.74, 6) is -0.374. The monoisotopic (exact) mass is 311 g/mol. The maximum Gasteiger partial charge on any atom is 0.240 e. The SMILES string of the molecule is Cc1ccc(C#N)cc1.NCC(=O)N1CCc2cc(F)ccc21. The van der Waals surface area contributed by atoms with Crippen LogP contribution in [0.1, 0.15) is 16.7 Å². The fraction of sp³-hybridized carbons (Fsp3) is 0.222. The van der Waals surface area contributed by atoms with E-state index in [9.17, 15) is 9.18 Å². The summed E-state index contributed by atoms with van der Waals surface area (Å²) >= 11 is 0. The van der Waals surface area contributed by atoms with E-state index in [2.05, 4.69) is 6.07 Å². The van der Waals surface area contributed by atoms with Gasteiger partial charge < -0.3 is 10.6 Å². The fourth-order valence-electron chi connectivity index (χ4n) is 2.37. The zero-order valence-electron chi connectivity index (χ0n) is 12.9. The first kappa shape index (κ1) is 16.7. The lowest BCUT2D eigenvalue weighted by atomic mass is 10.2. The average molecular weight is 311 g/mol. The highest BCUT2D eigenvalue weighted by Crippen LogP contribution is 2.28. The molecule has 0 spiro atoms. The Morgan fingerprint density at radius 3 is 2.61 bits per heavy atom. The number of amides is 1.